The van der Waals surface area contributed by atoms with Gasteiger partial charge in [0.2, 0.25) is 0 Å². The van der Waals surface area contributed by atoms with Crippen molar-refractivity contribution in [3.63, 3.8) is 0 Å². The predicted octanol–water partition coefficient (Wildman–Crippen LogP) is 4.68. The first-order chi connectivity index (χ1) is 9.15. The summed E-state index contributed by atoms with van der Waals surface area (Å²) >= 11 is 7.40. The highest BCUT2D eigenvalue weighted by Crippen LogP contribution is 2.17. The molecule has 1 nitrogen and oxygen atoms in total. The smallest absolute Gasteiger partial charge is 0.141 e. The van der Waals surface area contributed by atoms with Gasteiger partial charge in [0, 0.05) is 17.7 Å². The molecule has 0 aliphatic rings. The molecule has 0 amide bonds. The standard InChI is InChI=1S/C15H14ClFOS/c16-14-10-11(6-7-15(14)17)9-12(18)3-1-4-13-5-2-8-19-13/h2,5-8,10H,1,3-4,9H2. The van der Waals surface area contributed by atoms with E-state index in [2.05, 4.69) is 6.07 Å². The molecule has 0 saturated heterocycles. The fourth-order valence-corrected chi connectivity index (χ4v) is 2.83. The Balaban J connectivity index is 1.79. The van der Waals surface area contributed by atoms with Gasteiger partial charge >= 0.3 is 0 Å². The minimum absolute atomic E-state index is 0.0730. The third kappa shape index (κ3) is 4.44. The van der Waals surface area contributed by atoms with Gasteiger partial charge in [0.25, 0.3) is 0 Å². The number of hydrogen-bond acceptors (Lipinski definition) is 2. The summed E-state index contributed by atoms with van der Waals surface area (Å²) in [4.78, 5) is 13.1. The van der Waals surface area contributed by atoms with E-state index in [1.807, 2.05) is 11.4 Å². The van der Waals surface area contributed by atoms with E-state index in [4.69, 9.17) is 11.6 Å². The normalized spacial score (nSPS) is 10.6. The van der Waals surface area contributed by atoms with Gasteiger partial charge in [-0.15, -0.1) is 11.3 Å². The molecule has 0 saturated carbocycles. The van der Waals surface area contributed by atoms with Crippen LogP contribution in [0.25, 0.3) is 0 Å². The van der Waals surface area contributed by atoms with Crippen molar-refractivity contribution < 1.29 is 9.18 Å². The zero-order valence-corrected chi connectivity index (χ0v) is 11.9. The molecule has 1 aromatic carbocycles. The second-order valence-electron chi connectivity index (χ2n) is 4.40. The molecule has 0 unspecified atom stereocenters. The molecule has 0 spiro atoms. The average molecular weight is 297 g/mol. The number of thiophene rings is 1. The van der Waals surface area contributed by atoms with Gasteiger partial charge < -0.3 is 0 Å². The van der Waals surface area contributed by atoms with Crippen molar-refractivity contribution >= 4 is 28.7 Å². The molecule has 0 radical (unpaired) electrons. The molecule has 0 aliphatic carbocycles. The number of hydrogen-bond donors (Lipinski definition) is 0. The fraction of sp³-hybridized carbons (Fsp3) is 0.267. The lowest BCUT2D eigenvalue weighted by Gasteiger charge is -2.02. The number of aryl methyl sites for hydroxylation is 1. The number of Topliss-reactive ketones (excluding diaryl/α,β-unsaturated/α-hetero) is 1. The monoisotopic (exact) mass is 296 g/mol. The van der Waals surface area contributed by atoms with Crippen molar-refractivity contribution in [3.8, 4) is 0 Å². The number of halogens is 2. The van der Waals surface area contributed by atoms with Gasteiger partial charge in [-0.2, -0.15) is 0 Å². The second kappa shape index (κ2) is 6.83. The van der Waals surface area contributed by atoms with Crippen LogP contribution in [0.4, 0.5) is 4.39 Å². The van der Waals surface area contributed by atoms with E-state index in [9.17, 15) is 9.18 Å². The molecular weight excluding hydrogens is 283 g/mol. The summed E-state index contributed by atoms with van der Waals surface area (Å²) in [6.07, 6.45) is 2.67. The van der Waals surface area contributed by atoms with Crippen molar-refractivity contribution in [2.24, 2.45) is 0 Å². The van der Waals surface area contributed by atoms with E-state index in [-0.39, 0.29) is 10.8 Å². The number of ketones is 1. The molecule has 0 bridgehead atoms. The van der Waals surface area contributed by atoms with Crippen molar-refractivity contribution in [2.45, 2.75) is 25.7 Å². The molecule has 0 N–H and O–H groups in total. The summed E-state index contributed by atoms with van der Waals surface area (Å²) < 4.78 is 13.0. The van der Waals surface area contributed by atoms with E-state index in [1.54, 1.807) is 17.4 Å². The minimum atomic E-state index is -0.449. The number of benzene rings is 1. The van der Waals surface area contributed by atoms with Crippen LogP contribution >= 0.6 is 22.9 Å². The summed E-state index contributed by atoms with van der Waals surface area (Å²) in [5, 5.41) is 2.11. The average Bonchev–Trinajstić information content (AvgIpc) is 2.87. The molecule has 0 fully saturated rings. The molecular formula is C15H14ClFOS. The van der Waals surface area contributed by atoms with E-state index in [1.165, 1.54) is 17.0 Å². The zero-order chi connectivity index (χ0) is 13.7. The Kier molecular flexibility index (Phi) is 5.11. The van der Waals surface area contributed by atoms with Crippen molar-refractivity contribution in [1.82, 2.24) is 0 Å². The number of carbonyl (C=O) groups is 1. The SMILES string of the molecule is O=C(CCCc1cccs1)Cc1ccc(F)c(Cl)c1. The first kappa shape index (κ1) is 14.2. The lowest BCUT2D eigenvalue weighted by molar-refractivity contribution is -0.118. The highest BCUT2D eigenvalue weighted by atomic mass is 35.5. The van der Waals surface area contributed by atoms with Crippen molar-refractivity contribution in [2.75, 3.05) is 0 Å². The lowest BCUT2D eigenvalue weighted by Crippen LogP contribution is -2.03. The number of rotatable bonds is 6. The highest BCUT2D eigenvalue weighted by molar-refractivity contribution is 7.09. The second-order valence-corrected chi connectivity index (χ2v) is 5.84. The fourth-order valence-electron chi connectivity index (χ4n) is 1.88. The summed E-state index contributed by atoms with van der Waals surface area (Å²) in [5.41, 5.74) is 0.771. The van der Waals surface area contributed by atoms with Gasteiger partial charge in [0.1, 0.15) is 11.6 Å². The molecule has 1 heterocycles. The Morgan fingerprint density at radius 2 is 2.16 bits per heavy atom. The molecule has 0 atom stereocenters. The summed E-state index contributed by atoms with van der Waals surface area (Å²) in [7, 11) is 0. The molecule has 4 heteroatoms. The van der Waals surface area contributed by atoms with Crippen LogP contribution in [0.5, 0.6) is 0 Å². The Morgan fingerprint density at radius 1 is 1.32 bits per heavy atom. The van der Waals surface area contributed by atoms with Crippen molar-refractivity contribution in [3.05, 3.63) is 57.0 Å². The van der Waals surface area contributed by atoms with E-state index >= 15 is 0 Å². The first-order valence-electron chi connectivity index (χ1n) is 6.13. The number of carbonyl (C=O) groups excluding carboxylic acids is 1. The van der Waals surface area contributed by atoms with Crippen LogP contribution in [0, 0.1) is 5.82 Å². The maximum Gasteiger partial charge on any atom is 0.141 e. The van der Waals surface area contributed by atoms with E-state index < -0.39 is 5.82 Å². The van der Waals surface area contributed by atoms with Gasteiger partial charge in [-0.05, 0) is 42.0 Å². The van der Waals surface area contributed by atoms with Crippen LogP contribution in [0.2, 0.25) is 5.02 Å². The van der Waals surface area contributed by atoms with Crippen molar-refractivity contribution in [1.29, 1.82) is 0 Å². The third-order valence-corrected chi connectivity index (χ3v) is 4.07. The van der Waals surface area contributed by atoms with Crippen LogP contribution in [0.3, 0.4) is 0 Å². The Morgan fingerprint density at radius 3 is 2.84 bits per heavy atom. The summed E-state index contributed by atoms with van der Waals surface area (Å²) in [5.74, 6) is -0.283. The Labute approximate surface area is 121 Å². The van der Waals surface area contributed by atoms with Gasteiger partial charge in [0.05, 0.1) is 5.02 Å². The predicted molar refractivity (Wildman–Crippen MR) is 77.4 cm³/mol. The van der Waals surface area contributed by atoms with E-state index in [0.717, 1.165) is 18.4 Å². The largest absolute Gasteiger partial charge is 0.299 e. The molecule has 19 heavy (non-hydrogen) atoms. The van der Waals surface area contributed by atoms with Gasteiger partial charge in [-0.25, -0.2) is 4.39 Å². The van der Waals surface area contributed by atoms with E-state index in [0.29, 0.717) is 12.8 Å². The first-order valence-corrected chi connectivity index (χ1v) is 7.39. The molecule has 1 aromatic heterocycles. The topological polar surface area (TPSA) is 17.1 Å². The zero-order valence-electron chi connectivity index (χ0n) is 10.4. The minimum Gasteiger partial charge on any atom is -0.299 e. The van der Waals surface area contributed by atoms with Crippen LogP contribution < -0.4 is 0 Å². The maximum absolute atomic E-state index is 13.0. The third-order valence-electron chi connectivity index (χ3n) is 2.84. The van der Waals surface area contributed by atoms with Crippen LogP contribution in [-0.4, -0.2) is 5.78 Å². The molecule has 0 aliphatic heterocycles. The Hall–Kier alpha value is -1.19. The quantitative estimate of drug-likeness (QED) is 0.757. The highest BCUT2D eigenvalue weighted by Gasteiger charge is 2.07. The maximum atomic E-state index is 13.0. The van der Waals surface area contributed by atoms with Crippen LogP contribution in [-0.2, 0) is 17.6 Å². The van der Waals surface area contributed by atoms with Crippen LogP contribution in [0.15, 0.2) is 35.7 Å². The molecule has 2 rings (SSSR count). The summed E-state index contributed by atoms with van der Waals surface area (Å²) in [6.45, 7) is 0. The van der Waals surface area contributed by atoms with Crippen LogP contribution in [0.1, 0.15) is 23.3 Å². The Bertz CT molecular complexity index is 551. The molecule has 2 aromatic rings. The van der Waals surface area contributed by atoms with Gasteiger partial charge in [-0.1, -0.05) is 23.7 Å². The molecule has 100 valence electrons. The van der Waals surface area contributed by atoms with Gasteiger partial charge in [0.15, 0.2) is 0 Å². The van der Waals surface area contributed by atoms with Gasteiger partial charge in [-0.3, -0.25) is 4.79 Å². The summed E-state index contributed by atoms with van der Waals surface area (Å²) in [6, 6.07) is 8.53. The lowest BCUT2D eigenvalue weighted by atomic mass is 10.0.